The van der Waals surface area contributed by atoms with Gasteiger partial charge in [0.05, 0.1) is 11.7 Å². The summed E-state index contributed by atoms with van der Waals surface area (Å²) >= 11 is 0. The molecule has 0 radical (unpaired) electrons. The number of likely N-dealkylation sites (N-methyl/N-ethyl adjacent to an activating group) is 1. The fourth-order valence-corrected chi connectivity index (χ4v) is 4.08. The number of para-hydroxylation sites is 1. The van der Waals surface area contributed by atoms with Crippen molar-refractivity contribution in [3.8, 4) is 0 Å². The van der Waals surface area contributed by atoms with E-state index >= 15 is 0 Å². The van der Waals surface area contributed by atoms with Gasteiger partial charge in [0.25, 0.3) is 0 Å². The lowest BCUT2D eigenvalue weighted by molar-refractivity contribution is -0.134. The van der Waals surface area contributed by atoms with Gasteiger partial charge < -0.3 is 4.90 Å². The molecule has 0 spiro atoms. The molecule has 0 saturated carbocycles. The van der Waals surface area contributed by atoms with Crippen molar-refractivity contribution in [2.45, 2.75) is 38.9 Å². The Morgan fingerprint density at radius 1 is 1.21 bits per heavy atom. The van der Waals surface area contributed by atoms with E-state index in [9.17, 15) is 4.79 Å². The van der Waals surface area contributed by atoms with Gasteiger partial charge in [0.2, 0.25) is 5.91 Å². The van der Waals surface area contributed by atoms with Gasteiger partial charge in [-0.1, -0.05) is 25.1 Å². The van der Waals surface area contributed by atoms with Crippen LogP contribution in [0.2, 0.25) is 0 Å². The largest absolute Gasteiger partial charge is 0.340 e. The van der Waals surface area contributed by atoms with Crippen molar-refractivity contribution in [3.05, 3.63) is 60.6 Å². The molecule has 1 aromatic carbocycles. The number of carbonyl (C=O) groups excluding carboxylic acids is 1. The molecule has 28 heavy (non-hydrogen) atoms. The van der Waals surface area contributed by atoms with Crippen LogP contribution in [-0.4, -0.2) is 56.1 Å². The van der Waals surface area contributed by atoms with Gasteiger partial charge in [0.1, 0.15) is 6.54 Å². The Kier molecular flexibility index (Phi) is 5.67. The summed E-state index contributed by atoms with van der Waals surface area (Å²) in [6, 6.07) is 12.5. The number of fused-ring (bicyclic) bond motifs is 1. The molecule has 6 nitrogen and oxygen atoms in total. The lowest BCUT2D eigenvalue weighted by atomic mass is 10.0. The molecule has 1 aliphatic heterocycles. The van der Waals surface area contributed by atoms with Crippen molar-refractivity contribution in [3.63, 3.8) is 0 Å². The van der Waals surface area contributed by atoms with Crippen LogP contribution < -0.4 is 0 Å². The highest BCUT2D eigenvalue weighted by Crippen LogP contribution is 2.19. The summed E-state index contributed by atoms with van der Waals surface area (Å²) in [5.41, 5.74) is 2.28. The lowest BCUT2D eigenvalue weighted by Gasteiger charge is -2.39. The Labute approximate surface area is 165 Å². The Morgan fingerprint density at radius 2 is 2.04 bits per heavy atom. The highest BCUT2D eigenvalue weighted by atomic mass is 16.2. The van der Waals surface area contributed by atoms with Crippen molar-refractivity contribution < 1.29 is 4.79 Å². The summed E-state index contributed by atoms with van der Waals surface area (Å²) in [7, 11) is 0. The molecule has 0 N–H and O–H groups in total. The molecule has 1 saturated heterocycles. The van der Waals surface area contributed by atoms with Crippen molar-refractivity contribution in [2.24, 2.45) is 0 Å². The van der Waals surface area contributed by atoms with Gasteiger partial charge in [0, 0.05) is 43.5 Å². The van der Waals surface area contributed by atoms with Crippen LogP contribution in [0.15, 0.2) is 55.0 Å². The fourth-order valence-electron chi connectivity index (χ4n) is 4.08. The molecule has 1 fully saturated rings. The Hall–Kier alpha value is -2.73. The molecule has 1 aliphatic rings. The molecule has 2 aromatic heterocycles. The van der Waals surface area contributed by atoms with Gasteiger partial charge >= 0.3 is 0 Å². The maximum absolute atomic E-state index is 13.0. The summed E-state index contributed by atoms with van der Waals surface area (Å²) in [4.78, 5) is 21.5. The summed E-state index contributed by atoms with van der Waals surface area (Å²) in [5, 5.41) is 5.48. The number of rotatable bonds is 6. The third kappa shape index (κ3) is 4.07. The molecule has 0 aliphatic carbocycles. The first-order valence-corrected chi connectivity index (χ1v) is 10.1. The van der Waals surface area contributed by atoms with Gasteiger partial charge in [-0.2, -0.15) is 5.10 Å². The first-order valence-electron chi connectivity index (χ1n) is 10.1. The van der Waals surface area contributed by atoms with Crippen LogP contribution in [0.25, 0.3) is 10.9 Å². The van der Waals surface area contributed by atoms with Crippen LogP contribution in [0, 0.1) is 0 Å². The van der Waals surface area contributed by atoms with E-state index < -0.39 is 0 Å². The van der Waals surface area contributed by atoms with Gasteiger partial charge in [-0.05, 0) is 43.1 Å². The van der Waals surface area contributed by atoms with E-state index in [2.05, 4.69) is 34.0 Å². The van der Waals surface area contributed by atoms with Crippen LogP contribution in [0.5, 0.6) is 0 Å². The second-order valence-corrected chi connectivity index (χ2v) is 7.42. The second-order valence-electron chi connectivity index (χ2n) is 7.42. The molecular weight excluding hydrogens is 350 g/mol. The van der Waals surface area contributed by atoms with Gasteiger partial charge in [-0.25, -0.2) is 0 Å². The quantitative estimate of drug-likeness (QED) is 0.663. The SMILES string of the molecule is CCN(Cc1ccncc1)[C@@H]1CCCN(C(=O)Cn2ncc3ccccc32)C1. The summed E-state index contributed by atoms with van der Waals surface area (Å²) in [6.07, 6.45) is 7.69. The average molecular weight is 377 g/mol. The topological polar surface area (TPSA) is 54.3 Å². The van der Waals surface area contributed by atoms with E-state index in [0.29, 0.717) is 12.6 Å². The minimum absolute atomic E-state index is 0.151. The number of pyridine rings is 1. The van der Waals surface area contributed by atoms with E-state index in [0.717, 1.165) is 49.9 Å². The molecule has 3 aromatic rings. The minimum Gasteiger partial charge on any atom is -0.340 e. The molecule has 3 heterocycles. The molecule has 0 bridgehead atoms. The maximum atomic E-state index is 13.0. The number of piperidine rings is 1. The fraction of sp³-hybridized carbons (Fsp3) is 0.409. The summed E-state index contributed by atoms with van der Waals surface area (Å²) in [5.74, 6) is 0.151. The minimum atomic E-state index is 0.151. The van der Waals surface area contributed by atoms with Gasteiger partial charge in [0.15, 0.2) is 0 Å². The molecule has 1 amide bonds. The molecule has 146 valence electrons. The smallest absolute Gasteiger partial charge is 0.244 e. The third-order valence-electron chi connectivity index (χ3n) is 5.64. The van der Waals surface area contributed by atoms with Gasteiger partial charge in [-0.15, -0.1) is 0 Å². The molecule has 0 unspecified atom stereocenters. The third-order valence-corrected chi connectivity index (χ3v) is 5.64. The first kappa shape index (κ1) is 18.6. The zero-order chi connectivity index (χ0) is 19.3. The molecule has 4 rings (SSSR count). The Bertz CT molecular complexity index is 923. The number of nitrogens with zero attached hydrogens (tertiary/aromatic N) is 5. The lowest BCUT2D eigenvalue weighted by Crippen LogP contribution is -2.50. The number of hydrogen-bond acceptors (Lipinski definition) is 4. The zero-order valence-electron chi connectivity index (χ0n) is 16.4. The molecule has 6 heteroatoms. The van der Waals surface area contributed by atoms with Crippen LogP contribution in [-0.2, 0) is 17.9 Å². The van der Waals surface area contributed by atoms with Gasteiger partial charge in [-0.3, -0.25) is 19.4 Å². The van der Waals surface area contributed by atoms with Crippen molar-refractivity contribution >= 4 is 16.8 Å². The molecular formula is C22H27N5O. The van der Waals surface area contributed by atoms with Crippen LogP contribution in [0.1, 0.15) is 25.3 Å². The van der Waals surface area contributed by atoms with E-state index in [4.69, 9.17) is 0 Å². The monoisotopic (exact) mass is 377 g/mol. The van der Waals surface area contributed by atoms with Crippen molar-refractivity contribution in [1.29, 1.82) is 0 Å². The number of likely N-dealkylation sites (tertiary alicyclic amines) is 1. The number of hydrogen-bond donors (Lipinski definition) is 0. The summed E-state index contributed by atoms with van der Waals surface area (Å²) in [6.45, 7) is 5.99. The van der Waals surface area contributed by atoms with Crippen LogP contribution in [0.4, 0.5) is 0 Å². The van der Waals surface area contributed by atoms with Crippen molar-refractivity contribution in [1.82, 2.24) is 24.6 Å². The number of amides is 1. The van der Waals surface area contributed by atoms with E-state index in [1.165, 1.54) is 5.56 Å². The summed E-state index contributed by atoms with van der Waals surface area (Å²) < 4.78 is 1.82. The number of benzene rings is 1. The average Bonchev–Trinajstić information content (AvgIpc) is 3.16. The Morgan fingerprint density at radius 3 is 2.86 bits per heavy atom. The van der Waals surface area contributed by atoms with Crippen LogP contribution in [0.3, 0.4) is 0 Å². The first-order chi connectivity index (χ1) is 13.7. The van der Waals surface area contributed by atoms with E-state index in [1.807, 2.05) is 52.4 Å². The molecule has 1 atom stereocenters. The predicted molar refractivity (Wildman–Crippen MR) is 110 cm³/mol. The standard InChI is InChI=1S/C22H27N5O/c1-2-25(15-18-9-11-23-12-10-18)20-7-5-13-26(16-20)22(28)17-27-21-8-4-3-6-19(21)14-24-27/h3-4,6,8-12,14,20H,2,5,7,13,15-17H2,1H3/t20-/m1/s1. The maximum Gasteiger partial charge on any atom is 0.244 e. The van der Waals surface area contributed by atoms with E-state index in [1.54, 1.807) is 0 Å². The second kappa shape index (κ2) is 8.52. The normalized spacial score (nSPS) is 17.4. The zero-order valence-corrected chi connectivity index (χ0v) is 16.4. The highest BCUT2D eigenvalue weighted by molar-refractivity contribution is 5.82. The Balaban J connectivity index is 1.41. The predicted octanol–water partition coefficient (Wildman–Crippen LogP) is 2.94. The van der Waals surface area contributed by atoms with E-state index in [-0.39, 0.29) is 5.91 Å². The van der Waals surface area contributed by atoms with Crippen molar-refractivity contribution in [2.75, 3.05) is 19.6 Å². The number of aromatic nitrogens is 3. The van der Waals surface area contributed by atoms with Crippen LogP contribution >= 0.6 is 0 Å². The highest BCUT2D eigenvalue weighted by Gasteiger charge is 2.27. The number of carbonyl (C=O) groups is 1.